The van der Waals surface area contributed by atoms with E-state index < -0.39 is 0 Å². The third-order valence-electron chi connectivity index (χ3n) is 15.3. The van der Waals surface area contributed by atoms with Crippen LogP contribution in [0.2, 0.25) is 0 Å². The van der Waals surface area contributed by atoms with Gasteiger partial charge in [-0.15, -0.1) is 0 Å². The normalized spacial score (nSPS) is 17.1. The molecule has 2 unspecified atom stereocenters. The van der Waals surface area contributed by atoms with Crippen LogP contribution in [0.1, 0.15) is 67.7 Å². The van der Waals surface area contributed by atoms with E-state index in [1.807, 2.05) is 0 Å². The smallest absolute Gasteiger partial charge is 0.0583 e. The van der Waals surface area contributed by atoms with Gasteiger partial charge in [0.15, 0.2) is 0 Å². The van der Waals surface area contributed by atoms with E-state index in [1.165, 1.54) is 100 Å². The van der Waals surface area contributed by atoms with Crippen molar-refractivity contribution in [3.05, 3.63) is 247 Å². The first kappa shape index (κ1) is 40.4. The summed E-state index contributed by atoms with van der Waals surface area (Å²) in [6.45, 7) is 4.84. The largest absolute Gasteiger partial charge is 0.334 e. The minimum atomic E-state index is -0.268. The van der Waals surface area contributed by atoms with Crippen molar-refractivity contribution in [1.29, 1.82) is 0 Å². The quantitative estimate of drug-likeness (QED) is 0.141. The van der Waals surface area contributed by atoms with E-state index in [2.05, 4.69) is 253 Å². The molecule has 0 bridgehead atoms. The highest BCUT2D eigenvalue weighted by molar-refractivity contribution is 6.15. The molecule has 3 heteroatoms. The van der Waals surface area contributed by atoms with Crippen molar-refractivity contribution in [3.63, 3.8) is 0 Å². The molecule has 0 N–H and O–H groups in total. The van der Waals surface area contributed by atoms with Crippen LogP contribution in [-0.2, 0) is 5.41 Å². The molecule has 1 aromatic heterocycles. The summed E-state index contributed by atoms with van der Waals surface area (Å²) >= 11 is 0. The van der Waals surface area contributed by atoms with Crippen LogP contribution in [-0.4, -0.2) is 10.6 Å². The van der Waals surface area contributed by atoms with Gasteiger partial charge < -0.3 is 14.4 Å². The summed E-state index contributed by atoms with van der Waals surface area (Å²) < 4.78 is 2.56. The minimum Gasteiger partial charge on any atom is -0.334 e. The number of aromatic nitrogens is 1. The van der Waals surface area contributed by atoms with Crippen LogP contribution in [0.15, 0.2) is 225 Å². The maximum Gasteiger partial charge on any atom is 0.0583 e. The Morgan fingerprint density at radius 2 is 1.21 bits per heavy atom. The van der Waals surface area contributed by atoms with E-state index in [-0.39, 0.29) is 11.5 Å². The van der Waals surface area contributed by atoms with Crippen LogP contribution in [0.3, 0.4) is 0 Å². The molecule has 3 aliphatic rings. The fourth-order valence-electron chi connectivity index (χ4n) is 11.9. The van der Waals surface area contributed by atoms with E-state index in [1.54, 1.807) is 0 Å². The molecule has 1 aliphatic heterocycles. The second-order valence-corrected chi connectivity index (χ2v) is 19.5. The van der Waals surface area contributed by atoms with Gasteiger partial charge in [-0.2, -0.15) is 0 Å². The Bertz CT molecular complexity index is 3670. The average molecular weight is 876 g/mol. The first-order chi connectivity index (χ1) is 33.5. The molecule has 0 saturated carbocycles. The van der Waals surface area contributed by atoms with Crippen molar-refractivity contribution >= 4 is 77.4 Å². The highest BCUT2D eigenvalue weighted by Crippen LogP contribution is 2.52. The topological polar surface area (TPSA) is 11.4 Å². The zero-order chi connectivity index (χ0) is 45.3. The minimum absolute atomic E-state index is 0.0928. The summed E-state index contributed by atoms with van der Waals surface area (Å²) in [7, 11) is 0. The lowest BCUT2D eigenvalue weighted by molar-refractivity contribution is 0.617. The molecule has 0 radical (unpaired) electrons. The molecule has 0 spiro atoms. The predicted molar refractivity (Wildman–Crippen MR) is 289 cm³/mol. The molecule has 0 fully saturated rings. The third kappa shape index (κ3) is 6.55. The Hall–Kier alpha value is -7.88. The molecule has 3 nitrogen and oxygen atoms in total. The lowest BCUT2D eigenvalue weighted by Gasteiger charge is -2.38. The lowest BCUT2D eigenvalue weighted by Crippen LogP contribution is -2.31. The molecule has 9 aromatic carbocycles. The summed E-state index contributed by atoms with van der Waals surface area (Å²) in [5.74, 6) is 0.562. The number of allylic oxidation sites excluding steroid dienone is 4. The van der Waals surface area contributed by atoms with Crippen molar-refractivity contribution in [2.24, 2.45) is 0 Å². The molecular weight excluding hydrogens is 823 g/mol. The second-order valence-electron chi connectivity index (χ2n) is 19.5. The first-order valence-corrected chi connectivity index (χ1v) is 24.5. The van der Waals surface area contributed by atoms with Gasteiger partial charge in [0.05, 0.1) is 28.5 Å². The molecule has 2 atom stereocenters. The van der Waals surface area contributed by atoms with Gasteiger partial charge in [0.2, 0.25) is 0 Å². The van der Waals surface area contributed by atoms with Crippen LogP contribution in [0.25, 0.3) is 54.6 Å². The number of nitrogens with zero attached hydrogens (tertiary/aromatic N) is 3. The van der Waals surface area contributed by atoms with Crippen LogP contribution < -0.4 is 9.80 Å². The highest BCUT2D eigenvalue weighted by atomic mass is 15.2. The zero-order valence-electron chi connectivity index (χ0n) is 38.7. The summed E-state index contributed by atoms with van der Waals surface area (Å²) in [6.07, 6.45) is 16.2. The van der Waals surface area contributed by atoms with Crippen molar-refractivity contribution in [2.75, 3.05) is 9.80 Å². The Morgan fingerprint density at radius 3 is 1.96 bits per heavy atom. The molecule has 10 aromatic rings. The van der Waals surface area contributed by atoms with Crippen LogP contribution in [0.4, 0.5) is 28.4 Å². The van der Waals surface area contributed by atoms with Crippen molar-refractivity contribution in [3.8, 4) is 5.69 Å². The molecular formula is C65H53N3. The molecule has 0 saturated heterocycles. The van der Waals surface area contributed by atoms with Crippen LogP contribution >= 0.6 is 0 Å². The maximum absolute atomic E-state index is 2.63. The Kier molecular flexibility index (Phi) is 9.61. The fourth-order valence-corrected chi connectivity index (χ4v) is 11.9. The third-order valence-corrected chi connectivity index (χ3v) is 15.3. The average Bonchev–Trinajstić information content (AvgIpc) is 3.73. The molecule has 2 heterocycles. The first-order valence-electron chi connectivity index (χ1n) is 24.5. The molecule has 13 rings (SSSR count). The summed E-state index contributed by atoms with van der Waals surface area (Å²) in [6, 6.07) is 72.8. The predicted octanol–water partition coefficient (Wildman–Crippen LogP) is 17.6. The van der Waals surface area contributed by atoms with Gasteiger partial charge in [-0.3, -0.25) is 0 Å². The van der Waals surface area contributed by atoms with E-state index in [4.69, 9.17) is 0 Å². The van der Waals surface area contributed by atoms with Crippen molar-refractivity contribution in [1.82, 2.24) is 4.57 Å². The number of hydrogen-bond acceptors (Lipinski definition) is 2. The Balaban J connectivity index is 1.05. The number of hydrogen-bond donors (Lipinski definition) is 0. The van der Waals surface area contributed by atoms with Crippen molar-refractivity contribution < 1.29 is 0 Å². The van der Waals surface area contributed by atoms with E-state index >= 15 is 0 Å². The number of rotatable bonds is 8. The highest BCUT2D eigenvalue weighted by Gasteiger charge is 2.37. The van der Waals surface area contributed by atoms with E-state index in [0.717, 1.165) is 30.6 Å². The number of anilines is 5. The second kappa shape index (κ2) is 16.2. The monoisotopic (exact) mass is 875 g/mol. The Labute approximate surface area is 399 Å². The maximum atomic E-state index is 2.63. The van der Waals surface area contributed by atoms with Gasteiger partial charge >= 0.3 is 0 Å². The molecule has 328 valence electrons. The number of benzene rings is 9. The number of fused-ring (bicyclic) bond motifs is 7. The van der Waals surface area contributed by atoms with Crippen LogP contribution in [0, 0.1) is 0 Å². The summed E-state index contributed by atoms with van der Waals surface area (Å²) in [5, 5.41) is 7.46. The Morgan fingerprint density at radius 1 is 0.529 bits per heavy atom. The van der Waals surface area contributed by atoms with Gasteiger partial charge in [-0.25, -0.2) is 0 Å². The lowest BCUT2D eigenvalue weighted by atomic mass is 9.74. The van der Waals surface area contributed by atoms with Gasteiger partial charge in [-0.1, -0.05) is 178 Å². The van der Waals surface area contributed by atoms with Gasteiger partial charge in [0.25, 0.3) is 0 Å². The summed E-state index contributed by atoms with van der Waals surface area (Å²) in [4.78, 5) is 5.12. The standard InChI is InChI=1S/C65H53N3/c1-65(2)58-27-13-14-28-63(58)68-62-40-39-52(66(60-29-15-23-48-21-9-11-25-54(48)60)50-35-31-46(32-36-50)44-17-5-3-6-18-44)41-56(62)57-42-53(43-59(65)64(57)68)67(61-30-16-24-49-22-10-12-26-55(49)61)51-37-33-47(34-38-51)45-19-7-4-8-20-45/h3-5,7-16,19-37,39-44,51H,6,17-18,38H2,1-2H3. The molecule has 2 aliphatic carbocycles. The zero-order valence-corrected chi connectivity index (χ0v) is 38.7. The van der Waals surface area contributed by atoms with Gasteiger partial charge in [0.1, 0.15) is 0 Å². The fraction of sp³-hybridized carbons (Fsp3) is 0.138. The SMILES string of the molecule is CC1(C)c2ccccc2-n2c3ccc(N(c4ccc(C5CC=CCC5)cc4)c4cccc5ccccc45)cc3c3cc(N(c4cccc5ccccc45)C4C=CC(c5ccccc5)=CC4)cc1c32. The van der Waals surface area contributed by atoms with Gasteiger partial charge in [0, 0.05) is 49.7 Å². The summed E-state index contributed by atoms with van der Waals surface area (Å²) in [5.41, 5.74) is 16.0. The van der Waals surface area contributed by atoms with Crippen LogP contribution in [0.5, 0.6) is 0 Å². The van der Waals surface area contributed by atoms with E-state index in [9.17, 15) is 0 Å². The number of para-hydroxylation sites is 1. The van der Waals surface area contributed by atoms with E-state index in [0.29, 0.717) is 5.92 Å². The molecule has 0 amide bonds. The van der Waals surface area contributed by atoms with Gasteiger partial charge in [-0.05, 0) is 131 Å². The van der Waals surface area contributed by atoms with Crippen molar-refractivity contribution in [2.45, 2.75) is 56.9 Å². The molecule has 68 heavy (non-hydrogen) atoms.